The third-order valence-electron chi connectivity index (χ3n) is 1.65. The maximum atomic E-state index is 5.25. The average molecular weight is 154 g/mol. The largest absolute Gasteiger partial charge is 0.384 e. The molecule has 4 heteroatoms. The summed E-state index contributed by atoms with van der Waals surface area (Å²) in [6.07, 6.45) is 3.73. The van der Waals surface area contributed by atoms with E-state index in [2.05, 4.69) is 10.3 Å². The van der Waals surface area contributed by atoms with Crippen molar-refractivity contribution in [2.75, 3.05) is 19.9 Å². The van der Waals surface area contributed by atoms with Crippen LogP contribution in [0.4, 0.5) is 0 Å². The standard InChI is InChI=1S/C7H10N2O2/c1-2-9-6(3-8-1)7-4-10-5-11-7/h2-3,7-8H,1,4-5H2. The summed E-state index contributed by atoms with van der Waals surface area (Å²) in [7, 11) is 0. The van der Waals surface area contributed by atoms with Gasteiger partial charge < -0.3 is 14.8 Å². The van der Waals surface area contributed by atoms with Gasteiger partial charge in [-0.25, -0.2) is 0 Å². The molecular weight excluding hydrogens is 144 g/mol. The molecule has 0 bridgehead atoms. The Morgan fingerprint density at radius 3 is 3.27 bits per heavy atom. The molecule has 1 fully saturated rings. The molecule has 0 saturated carbocycles. The minimum Gasteiger partial charge on any atom is -0.384 e. The Hall–Kier alpha value is -0.870. The minimum absolute atomic E-state index is 0.0269. The van der Waals surface area contributed by atoms with Crippen LogP contribution in [-0.2, 0) is 9.47 Å². The predicted molar refractivity (Wildman–Crippen MR) is 40.3 cm³/mol. The van der Waals surface area contributed by atoms with Crippen LogP contribution in [0.5, 0.6) is 0 Å². The van der Waals surface area contributed by atoms with Gasteiger partial charge in [-0.05, 0) is 0 Å². The van der Waals surface area contributed by atoms with Crippen LogP contribution in [0.15, 0.2) is 16.9 Å². The lowest BCUT2D eigenvalue weighted by molar-refractivity contribution is 0.0546. The Morgan fingerprint density at radius 2 is 2.64 bits per heavy atom. The van der Waals surface area contributed by atoms with E-state index in [0.717, 1.165) is 12.2 Å². The first-order valence-electron chi connectivity index (χ1n) is 3.62. The van der Waals surface area contributed by atoms with Crippen molar-refractivity contribution < 1.29 is 9.47 Å². The summed E-state index contributed by atoms with van der Waals surface area (Å²) in [6, 6.07) is 0. The monoisotopic (exact) mass is 154 g/mol. The second kappa shape index (κ2) is 3.02. The minimum atomic E-state index is 0.0269. The quantitative estimate of drug-likeness (QED) is 0.572. The Morgan fingerprint density at radius 1 is 1.64 bits per heavy atom. The van der Waals surface area contributed by atoms with Gasteiger partial charge in [0.15, 0.2) is 0 Å². The molecule has 2 heterocycles. The summed E-state index contributed by atoms with van der Waals surface area (Å²) in [5.74, 6) is 0. The first kappa shape index (κ1) is 6.82. The summed E-state index contributed by atoms with van der Waals surface area (Å²) in [5.41, 5.74) is 0.925. The Kier molecular flexibility index (Phi) is 1.87. The molecule has 11 heavy (non-hydrogen) atoms. The maximum Gasteiger partial charge on any atom is 0.147 e. The SMILES string of the molecule is C1=NC(C2COCO2)=CNC1. The Labute approximate surface area is 64.9 Å². The van der Waals surface area contributed by atoms with Gasteiger partial charge in [-0.3, -0.25) is 4.99 Å². The van der Waals surface area contributed by atoms with Crippen LogP contribution in [0, 0.1) is 0 Å². The van der Waals surface area contributed by atoms with Gasteiger partial charge in [0.2, 0.25) is 0 Å². The summed E-state index contributed by atoms with van der Waals surface area (Å²) in [4.78, 5) is 4.18. The molecule has 1 unspecified atom stereocenters. The molecular formula is C7H10N2O2. The summed E-state index contributed by atoms with van der Waals surface area (Å²) in [5, 5.41) is 3.06. The van der Waals surface area contributed by atoms with Gasteiger partial charge >= 0.3 is 0 Å². The van der Waals surface area contributed by atoms with Gasteiger partial charge in [0.25, 0.3) is 0 Å². The van der Waals surface area contributed by atoms with E-state index in [1.807, 2.05) is 12.4 Å². The fourth-order valence-corrected chi connectivity index (χ4v) is 1.08. The molecule has 60 valence electrons. The molecule has 1 N–H and O–H groups in total. The molecule has 0 aromatic carbocycles. The van der Waals surface area contributed by atoms with Gasteiger partial charge in [-0.1, -0.05) is 0 Å². The highest BCUT2D eigenvalue weighted by molar-refractivity contribution is 5.63. The molecule has 2 aliphatic rings. The van der Waals surface area contributed by atoms with Crippen molar-refractivity contribution in [1.82, 2.24) is 5.32 Å². The van der Waals surface area contributed by atoms with E-state index in [9.17, 15) is 0 Å². The van der Waals surface area contributed by atoms with Gasteiger partial charge in [0.1, 0.15) is 12.9 Å². The predicted octanol–water partition coefficient (Wildman–Crippen LogP) is -0.125. The van der Waals surface area contributed by atoms with E-state index in [1.54, 1.807) is 0 Å². The van der Waals surface area contributed by atoms with Crippen molar-refractivity contribution >= 4 is 6.21 Å². The van der Waals surface area contributed by atoms with Gasteiger partial charge in [-0.2, -0.15) is 0 Å². The summed E-state index contributed by atoms with van der Waals surface area (Å²) < 4.78 is 10.3. The van der Waals surface area contributed by atoms with Gasteiger partial charge in [0.05, 0.1) is 12.3 Å². The number of rotatable bonds is 1. The molecule has 0 aliphatic carbocycles. The van der Waals surface area contributed by atoms with E-state index in [0.29, 0.717) is 13.4 Å². The van der Waals surface area contributed by atoms with Crippen LogP contribution in [-0.4, -0.2) is 32.3 Å². The first-order valence-corrected chi connectivity index (χ1v) is 3.62. The third kappa shape index (κ3) is 1.41. The third-order valence-corrected chi connectivity index (χ3v) is 1.65. The normalized spacial score (nSPS) is 29.8. The molecule has 0 aromatic heterocycles. The smallest absolute Gasteiger partial charge is 0.147 e. The molecule has 0 amide bonds. The van der Waals surface area contributed by atoms with Crippen molar-refractivity contribution in [3.63, 3.8) is 0 Å². The zero-order valence-electron chi connectivity index (χ0n) is 6.12. The lowest BCUT2D eigenvalue weighted by Crippen LogP contribution is -2.20. The van der Waals surface area contributed by atoms with Crippen molar-refractivity contribution in [2.45, 2.75) is 6.10 Å². The van der Waals surface area contributed by atoms with Crippen LogP contribution < -0.4 is 5.32 Å². The van der Waals surface area contributed by atoms with Gasteiger partial charge in [-0.15, -0.1) is 0 Å². The molecule has 0 spiro atoms. The number of nitrogens with one attached hydrogen (secondary N) is 1. The van der Waals surface area contributed by atoms with Crippen LogP contribution in [0.25, 0.3) is 0 Å². The fraction of sp³-hybridized carbons (Fsp3) is 0.571. The number of hydrogen-bond acceptors (Lipinski definition) is 4. The zero-order valence-corrected chi connectivity index (χ0v) is 6.12. The Bertz CT molecular complexity index is 195. The van der Waals surface area contributed by atoms with E-state index < -0.39 is 0 Å². The van der Waals surface area contributed by atoms with Crippen LogP contribution in [0.3, 0.4) is 0 Å². The van der Waals surface area contributed by atoms with Crippen molar-refractivity contribution in [2.24, 2.45) is 4.99 Å². The first-order chi connectivity index (χ1) is 5.47. The molecule has 4 nitrogen and oxygen atoms in total. The fourth-order valence-electron chi connectivity index (χ4n) is 1.08. The Balaban J connectivity index is 2.02. The highest BCUT2D eigenvalue weighted by atomic mass is 16.7. The van der Waals surface area contributed by atoms with Crippen LogP contribution in [0.1, 0.15) is 0 Å². The van der Waals surface area contributed by atoms with E-state index in [-0.39, 0.29) is 6.10 Å². The van der Waals surface area contributed by atoms with Crippen molar-refractivity contribution in [3.8, 4) is 0 Å². The maximum absolute atomic E-state index is 5.25. The van der Waals surface area contributed by atoms with Crippen molar-refractivity contribution in [3.05, 3.63) is 11.9 Å². The molecule has 2 rings (SSSR count). The highest BCUT2D eigenvalue weighted by Gasteiger charge is 2.20. The van der Waals surface area contributed by atoms with Gasteiger partial charge in [0, 0.05) is 19.0 Å². The van der Waals surface area contributed by atoms with Crippen LogP contribution in [0.2, 0.25) is 0 Å². The molecule has 2 aliphatic heterocycles. The number of hydrogen-bond donors (Lipinski definition) is 1. The van der Waals surface area contributed by atoms with Crippen molar-refractivity contribution in [1.29, 1.82) is 0 Å². The summed E-state index contributed by atoms with van der Waals surface area (Å²) >= 11 is 0. The molecule has 1 atom stereocenters. The number of ether oxygens (including phenoxy) is 2. The zero-order chi connectivity index (χ0) is 7.52. The molecule has 0 radical (unpaired) electrons. The number of nitrogens with zero attached hydrogens (tertiary/aromatic N) is 1. The summed E-state index contributed by atoms with van der Waals surface area (Å²) in [6.45, 7) is 1.81. The topological polar surface area (TPSA) is 42.9 Å². The van der Waals surface area contributed by atoms with E-state index in [4.69, 9.17) is 9.47 Å². The lowest BCUT2D eigenvalue weighted by Gasteiger charge is -2.11. The average Bonchev–Trinajstić information content (AvgIpc) is 2.58. The van der Waals surface area contributed by atoms with E-state index in [1.165, 1.54) is 0 Å². The molecule has 1 saturated heterocycles. The van der Waals surface area contributed by atoms with E-state index >= 15 is 0 Å². The lowest BCUT2D eigenvalue weighted by atomic mass is 10.3. The number of aliphatic imine (C=N–C) groups is 1. The second-order valence-electron chi connectivity index (χ2n) is 2.43. The molecule has 0 aromatic rings. The highest BCUT2D eigenvalue weighted by Crippen LogP contribution is 2.14. The second-order valence-corrected chi connectivity index (χ2v) is 2.43. The van der Waals surface area contributed by atoms with Crippen LogP contribution >= 0.6 is 0 Å².